The summed E-state index contributed by atoms with van der Waals surface area (Å²) in [6.07, 6.45) is 0. The van der Waals surface area contributed by atoms with Crippen LogP contribution in [-0.4, -0.2) is 16.8 Å². The molecule has 2 rings (SSSR count). The molecule has 1 aliphatic rings. The molecule has 3 nitrogen and oxygen atoms in total. The monoisotopic (exact) mass is 228 g/mol. The molecule has 1 aromatic carbocycles. The molecular weight excluding hydrogens is 222 g/mol. The first kappa shape index (κ1) is 10.1. The molecule has 1 saturated heterocycles. The van der Waals surface area contributed by atoms with E-state index in [0.29, 0.717) is 5.17 Å². The summed E-state index contributed by atoms with van der Waals surface area (Å²) in [7, 11) is 0. The smallest absolute Gasteiger partial charge is 0.236 e. The number of halogens is 2. The fourth-order valence-corrected chi connectivity index (χ4v) is 1.76. The van der Waals surface area contributed by atoms with E-state index in [0.717, 1.165) is 12.1 Å². The Morgan fingerprint density at radius 3 is 2.80 bits per heavy atom. The number of thioether (sulfide) groups is 1. The van der Waals surface area contributed by atoms with Crippen molar-refractivity contribution in [3.63, 3.8) is 0 Å². The number of aliphatic imine (C=N–C) groups is 1. The van der Waals surface area contributed by atoms with Crippen LogP contribution in [0.1, 0.15) is 0 Å². The molecule has 0 saturated carbocycles. The standard InChI is InChI=1S/C9H6F2N2OS/c10-5-1-2-7(6(11)3-5)12-9-13-8(14)4-15-9/h1-3H,4H2,(H,12,13,14). The molecule has 1 fully saturated rings. The van der Waals surface area contributed by atoms with Gasteiger partial charge < -0.3 is 5.32 Å². The summed E-state index contributed by atoms with van der Waals surface area (Å²) in [5, 5.41) is 2.80. The molecule has 78 valence electrons. The van der Waals surface area contributed by atoms with Crippen molar-refractivity contribution in [3.8, 4) is 0 Å². The van der Waals surface area contributed by atoms with Gasteiger partial charge in [0.15, 0.2) is 11.0 Å². The van der Waals surface area contributed by atoms with Gasteiger partial charge in [-0.2, -0.15) is 0 Å². The quantitative estimate of drug-likeness (QED) is 0.796. The third-order valence-corrected chi connectivity index (χ3v) is 2.59. The summed E-state index contributed by atoms with van der Waals surface area (Å²) in [5.41, 5.74) is 0.0149. The Kier molecular flexibility index (Phi) is 2.68. The van der Waals surface area contributed by atoms with Crippen molar-refractivity contribution < 1.29 is 13.6 Å². The first-order valence-corrected chi connectivity index (χ1v) is 5.10. The molecule has 1 aliphatic heterocycles. The minimum Gasteiger partial charge on any atom is -0.304 e. The summed E-state index contributed by atoms with van der Waals surface area (Å²) in [4.78, 5) is 14.7. The SMILES string of the molecule is O=C1CS/C(=N\c2ccc(F)cc2F)N1. The number of amidine groups is 1. The van der Waals surface area contributed by atoms with Gasteiger partial charge in [-0.15, -0.1) is 0 Å². The van der Waals surface area contributed by atoms with Crippen molar-refractivity contribution in [1.29, 1.82) is 0 Å². The van der Waals surface area contributed by atoms with Crippen LogP contribution in [0, 0.1) is 11.6 Å². The summed E-state index contributed by atoms with van der Waals surface area (Å²) in [6, 6.07) is 3.09. The van der Waals surface area contributed by atoms with E-state index in [-0.39, 0.29) is 17.3 Å². The largest absolute Gasteiger partial charge is 0.304 e. The van der Waals surface area contributed by atoms with E-state index in [2.05, 4.69) is 10.3 Å². The number of hydrogen-bond acceptors (Lipinski definition) is 3. The van der Waals surface area contributed by atoms with Gasteiger partial charge in [0.05, 0.1) is 5.75 Å². The highest BCUT2D eigenvalue weighted by molar-refractivity contribution is 8.15. The zero-order chi connectivity index (χ0) is 10.8. The van der Waals surface area contributed by atoms with Crippen LogP contribution in [0.25, 0.3) is 0 Å². The molecule has 0 atom stereocenters. The van der Waals surface area contributed by atoms with Gasteiger partial charge in [-0.3, -0.25) is 4.79 Å². The minimum absolute atomic E-state index is 0.0149. The van der Waals surface area contributed by atoms with Gasteiger partial charge in [-0.05, 0) is 12.1 Å². The van der Waals surface area contributed by atoms with E-state index in [1.807, 2.05) is 0 Å². The van der Waals surface area contributed by atoms with Crippen LogP contribution in [0.5, 0.6) is 0 Å². The number of amides is 1. The van der Waals surface area contributed by atoms with E-state index in [9.17, 15) is 13.6 Å². The van der Waals surface area contributed by atoms with E-state index < -0.39 is 11.6 Å². The van der Waals surface area contributed by atoms with E-state index >= 15 is 0 Å². The van der Waals surface area contributed by atoms with Crippen molar-refractivity contribution in [3.05, 3.63) is 29.8 Å². The maximum absolute atomic E-state index is 13.1. The fourth-order valence-electron chi connectivity index (χ4n) is 1.07. The number of nitrogens with one attached hydrogen (secondary N) is 1. The Hall–Kier alpha value is -1.43. The molecule has 0 aromatic heterocycles. The highest BCUT2D eigenvalue weighted by Gasteiger charge is 2.17. The van der Waals surface area contributed by atoms with Crippen molar-refractivity contribution >= 4 is 28.5 Å². The molecule has 0 bridgehead atoms. The number of nitrogens with zero attached hydrogens (tertiary/aromatic N) is 1. The second-order valence-corrected chi connectivity index (χ2v) is 3.81. The lowest BCUT2D eigenvalue weighted by atomic mass is 10.3. The van der Waals surface area contributed by atoms with Crippen LogP contribution in [0.2, 0.25) is 0 Å². The molecule has 15 heavy (non-hydrogen) atoms. The van der Waals surface area contributed by atoms with Crippen LogP contribution in [0.15, 0.2) is 23.2 Å². The lowest BCUT2D eigenvalue weighted by Crippen LogP contribution is -2.19. The molecule has 1 aromatic rings. The Balaban J connectivity index is 2.27. The van der Waals surface area contributed by atoms with Crippen LogP contribution in [0.4, 0.5) is 14.5 Å². The molecular formula is C9H6F2N2OS. The van der Waals surface area contributed by atoms with Crippen molar-refractivity contribution in [2.45, 2.75) is 0 Å². The predicted molar refractivity (Wildman–Crippen MR) is 54.1 cm³/mol. The third-order valence-electron chi connectivity index (χ3n) is 1.72. The maximum atomic E-state index is 13.1. The highest BCUT2D eigenvalue weighted by atomic mass is 32.2. The van der Waals surface area contributed by atoms with Crippen LogP contribution < -0.4 is 5.32 Å². The Labute approximate surface area is 88.6 Å². The molecule has 6 heteroatoms. The van der Waals surface area contributed by atoms with Crippen LogP contribution in [-0.2, 0) is 4.79 Å². The number of rotatable bonds is 1. The molecule has 0 spiro atoms. The first-order chi connectivity index (χ1) is 7.15. The van der Waals surface area contributed by atoms with Crippen molar-refractivity contribution in [2.24, 2.45) is 4.99 Å². The number of carbonyl (C=O) groups is 1. The molecule has 1 N–H and O–H groups in total. The molecule has 0 unspecified atom stereocenters. The zero-order valence-electron chi connectivity index (χ0n) is 7.46. The summed E-state index contributed by atoms with van der Waals surface area (Å²) >= 11 is 1.19. The van der Waals surface area contributed by atoms with Gasteiger partial charge in [0.25, 0.3) is 0 Å². The fraction of sp³-hybridized carbons (Fsp3) is 0.111. The van der Waals surface area contributed by atoms with Gasteiger partial charge in [0, 0.05) is 6.07 Å². The lowest BCUT2D eigenvalue weighted by Gasteiger charge is -1.98. The van der Waals surface area contributed by atoms with E-state index in [1.165, 1.54) is 17.8 Å². The molecule has 0 aliphatic carbocycles. The second-order valence-electron chi connectivity index (χ2n) is 2.85. The van der Waals surface area contributed by atoms with Gasteiger partial charge in [0.2, 0.25) is 5.91 Å². The molecule has 0 radical (unpaired) electrons. The van der Waals surface area contributed by atoms with E-state index in [4.69, 9.17) is 0 Å². The topological polar surface area (TPSA) is 41.5 Å². The maximum Gasteiger partial charge on any atom is 0.236 e. The van der Waals surface area contributed by atoms with Crippen LogP contribution >= 0.6 is 11.8 Å². The predicted octanol–water partition coefficient (Wildman–Crippen LogP) is 1.82. The lowest BCUT2D eigenvalue weighted by molar-refractivity contribution is -0.116. The highest BCUT2D eigenvalue weighted by Crippen LogP contribution is 2.21. The number of carbonyl (C=O) groups excluding carboxylic acids is 1. The average molecular weight is 228 g/mol. The molecule has 1 amide bonds. The third kappa shape index (κ3) is 2.33. The second kappa shape index (κ2) is 3.98. The van der Waals surface area contributed by atoms with Crippen molar-refractivity contribution in [1.82, 2.24) is 5.32 Å². The van der Waals surface area contributed by atoms with Gasteiger partial charge in [-0.1, -0.05) is 11.8 Å². The van der Waals surface area contributed by atoms with Gasteiger partial charge in [-0.25, -0.2) is 13.8 Å². The van der Waals surface area contributed by atoms with E-state index in [1.54, 1.807) is 0 Å². The minimum atomic E-state index is -0.746. The Morgan fingerprint density at radius 2 is 2.20 bits per heavy atom. The van der Waals surface area contributed by atoms with Crippen molar-refractivity contribution in [2.75, 3.05) is 5.75 Å². The Morgan fingerprint density at radius 1 is 1.40 bits per heavy atom. The number of hydrogen-bond donors (Lipinski definition) is 1. The Bertz CT molecular complexity index is 448. The van der Waals surface area contributed by atoms with Crippen LogP contribution in [0.3, 0.4) is 0 Å². The normalized spacial score (nSPS) is 18.3. The van der Waals surface area contributed by atoms with Gasteiger partial charge in [0.1, 0.15) is 11.5 Å². The average Bonchev–Trinajstić information content (AvgIpc) is 2.56. The summed E-state index contributed by atoms with van der Waals surface area (Å²) in [5.74, 6) is -1.29. The first-order valence-electron chi connectivity index (χ1n) is 4.11. The summed E-state index contributed by atoms with van der Waals surface area (Å²) < 4.78 is 25.7. The summed E-state index contributed by atoms with van der Waals surface area (Å²) in [6.45, 7) is 0. The molecule has 1 heterocycles. The van der Waals surface area contributed by atoms with Gasteiger partial charge >= 0.3 is 0 Å². The number of benzene rings is 1. The zero-order valence-corrected chi connectivity index (χ0v) is 8.28.